The topological polar surface area (TPSA) is 55.4 Å². The molecule has 1 aliphatic heterocycles. The largest absolute Gasteiger partial charge is 0.492 e. The van der Waals surface area contributed by atoms with Gasteiger partial charge in [-0.15, -0.1) is 0 Å². The van der Waals surface area contributed by atoms with Crippen molar-refractivity contribution in [2.75, 3.05) is 6.61 Å². The van der Waals surface area contributed by atoms with Crippen LogP contribution in [0.5, 0.6) is 5.75 Å². The van der Waals surface area contributed by atoms with Gasteiger partial charge < -0.3 is 4.74 Å². The fraction of sp³-hybridized carbons (Fsp3) is 0.250. The van der Waals surface area contributed by atoms with Gasteiger partial charge in [0.1, 0.15) is 12.4 Å². The van der Waals surface area contributed by atoms with Gasteiger partial charge in [-0.05, 0) is 37.1 Å². The molecule has 0 saturated carbocycles. The van der Waals surface area contributed by atoms with Gasteiger partial charge in [-0.2, -0.15) is 0 Å². The molecule has 0 amide bonds. The molecule has 0 unspecified atom stereocenters. The van der Waals surface area contributed by atoms with Gasteiger partial charge in [0.2, 0.25) is 10.0 Å². The molecule has 2 aromatic rings. The number of para-hydroxylation sites is 1. The Kier molecular flexibility index (Phi) is 3.69. The van der Waals surface area contributed by atoms with Gasteiger partial charge in [-0.25, -0.2) is 13.1 Å². The highest BCUT2D eigenvalue weighted by Crippen LogP contribution is 2.24. The molecule has 4 nitrogen and oxygen atoms in total. The van der Waals surface area contributed by atoms with Crippen LogP contribution >= 0.6 is 0 Å². The molecule has 1 heterocycles. The Bertz CT molecular complexity index is 738. The molecule has 0 aliphatic carbocycles. The molecule has 0 radical (unpaired) electrons. The minimum atomic E-state index is -3.51. The highest BCUT2D eigenvalue weighted by atomic mass is 32.2. The summed E-state index contributed by atoms with van der Waals surface area (Å²) >= 11 is 0. The lowest BCUT2D eigenvalue weighted by atomic mass is 10.0. The number of aryl methyl sites for hydroxylation is 1. The first-order chi connectivity index (χ1) is 10.0. The summed E-state index contributed by atoms with van der Waals surface area (Å²) in [7, 11) is -3.51. The lowest BCUT2D eigenvalue weighted by molar-refractivity contribution is 0.254. The van der Waals surface area contributed by atoms with E-state index in [4.69, 9.17) is 4.74 Å². The van der Waals surface area contributed by atoms with Gasteiger partial charge in [0, 0.05) is 0 Å². The van der Waals surface area contributed by atoms with Crippen molar-refractivity contribution < 1.29 is 13.2 Å². The van der Waals surface area contributed by atoms with Gasteiger partial charge in [0.05, 0.1) is 10.9 Å². The van der Waals surface area contributed by atoms with E-state index in [0.717, 1.165) is 16.9 Å². The number of benzene rings is 2. The van der Waals surface area contributed by atoms with E-state index in [1.165, 1.54) is 0 Å². The maximum Gasteiger partial charge on any atom is 0.240 e. The molecule has 0 saturated heterocycles. The second kappa shape index (κ2) is 5.50. The predicted octanol–water partition coefficient (Wildman–Crippen LogP) is 2.28. The van der Waals surface area contributed by atoms with Crippen LogP contribution in [-0.2, 0) is 16.4 Å². The fourth-order valence-corrected chi connectivity index (χ4v) is 3.63. The van der Waals surface area contributed by atoms with Gasteiger partial charge >= 0.3 is 0 Å². The first-order valence-electron chi connectivity index (χ1n) is 6.84. The van der Waals surface area contributed by atoms with E-state index in [2.05, 4.69) is 4.72 Å². The monoisotopic (exact) mass is 303 g/mol. The molecular formula is C16H17NO3S. The predicted molar refractivity (Wildman–Crippen MR) is 80.9 cm³/mol. The maximum absolute atomic E-state index is 12.4. The van der Waals surface area contributed by atoms with E-state index < -0.39 is 10.0 Å². The van der Waals surface area contributed by atoms with E-state index >= 15 is 0 Å². The number of fused-ring (bicyclic) bond motifs is 1. The average Bonchev–Trinajstić information content (AvgIpc) is 2.47. The normalized spacial score (nSPS) is 17.9. The number of ether oxygens (including phenoxy) is 1. The molecule has 0 aromatic heterocycles. The Hall–Kier alpha value is -1.85. The van der Waals surface area contributed by atoms with Crippen molar-refractivity contribution in [3.63, 3.8) is 0 Å². The maximum atomic E-state index is 12.4. The summed E-state index contributed by atoms with van der Waals surface area (Å²) in [4.78, 5) is 0.284. The third-order valence-corrected chi connectivity index (χ3v) is 5.07. The Morgan fingerprint density at radius 1 is 1.10 bits per heavy atom. The summed E-state index contributed by atoms with van der Waals surface area (Å²) in [5.74, 6) is 0.836. The number of hydrogen-bond acceptors (Lipinski definition) is 3. The Morgan fingerprint density at radius 2 is 1.81 bits per heavy atom. The van der Waals surface area contributed by atoms with E-state index in [-0.39, 0.29) is 10.9 Å². The summed E-state index contributed by atoms with van der Waals surface area (Å²) in [6.07, 6.45) is 0.640. The van der Waals surface area contributed by atoms with Crippen molar-refractivity contribution >= 4 is 10.0 Å². The lowest BCUT2D eigenvalue weighted by Crippen LogP contribution is -2.42. The van der Waals surface area contributed by atoms with Gasteiger partial charge in [-0.1, -0.05) is 35.9 Å². The van der Waals surface area contributed by atoms with Crippen molar-refractivity contribution in [2.45, 2.75) is 24.3 Å². The van der Waals surface area contributed by atoms with Crippen LogP contribution in [0.25, 0.3) is 0 Å². The average molecular weight is 303 g/mol. The van der Waals surface area contributed by atoms with E-state index in [1.54, 1.807) is 24.3 Å². The van der Waals surface area contributed by atoms with Gasteiger partial charge in [-0.3, -0.25) is 0 Å². The molecule has 3 rings (SSSR count). The highest BCUT2D eigenvalue weighted by Gasteiger charge is 2.25. The summed E-state index contributed by atoms with van der Waals surface area (Å²) in [6, 6.07) is 14.3. The standard InChI is InChI=1S/C16H17NO3S/c1-12-6-8-15(9-7-12)21(18,19)17-14-10-13-4-2-3-5-16(13)20-11-14/h2-9,14,17H,10-11H2,1H3/t14-/m1/s1. The van der Waals surface area contributed by atoms with Crippen LogP contribution in [0.3, 0.4) is 0 Å². The molecule has 110 valence electrons. The second-order valence-electron chi connectivity index (χ2n) is 5.25. The van der Waals surface area contributed by atoms with Crippen LogP contribution in [0.4, 0.5) is 0 Å². The zero-order valence-electron chi connectivity index (χ0n) is 11.7. The van der Waals surface area contributed by atoms with Gasteiger partial charge in [0.25, 0.3) is 0 Å². The highest BCUT2D eigenvalue weighted by molar-refractivity contribution is 7.89. The van der Waals surface area contributed by atoms with Crippen molar-refractivity contribution in [2.24, 2.45) is 0 Å². The smallest absolute Gasteiger partial charge is 0.240 e. The van der Waals surface area contributed by atoms with E-state index in [9.17, 15) is 8.42 Å². The van der Waals surface area contributed by atoms with Crippen LogP contribution in [-0.4, -0.2) is 21.1 Å². The molecule has 0 fully saturated rings. The van der Waals surface area contributed by atoms with Crippen LogP contribution in [0.1, 0.15) is 11.1 Å². The van der Waals surface area contributed by atoms with E-state index in [0.29, 0.717) is 13.0 Å². The first kappa shape index (κ1) is 14.1. The van der Waals surface area contributed by atoms with Gasteiger partial charge in [0.15, 0.2) is 0 Å². The number of sulfonamides is 1. The van der Waals surface area contributed by atoms with Crippen molar-refractivity contribution in [1.29, 1.82) is 0 Å². The zero-order chi connectivity index (χ0) is 14.9. The van der Waals surface area contributed by atoms with E-state index in [1.807, 2.05) is 31.2 Å². The minimum Gasteiger partial charge on any atom is -0.492 e. The molecule has 1 aliphatic rings. The molecule has 2 aromatic carbocycles. The Morgan fingerprint density at radius 3 is 2.57 bits per heavy atom. The molecule has 0 spiro atoms. The summed E-state index contributed by atoms with van der Waals surface area (Å²) in [5.41, 5.74) is 2.06. The number of hydrogen-bond donors (Lipinski definition) is 1. The first-order valence-corrected chi connectivity index (χ1v) is 8.32. The quantitative estimate of drug-likeness (QED) is 0.946. The summed E-state index contributed by atoms with van der Waals surface area (Å²) in [5, 5.41) is 0. The molecule has 1 N–H and O–H groups in total. The SMILES string of the molecule is Cc1ccc(S(=O)(=O)N[C@H]2COc3ccccc3C2)cc1. The number of nitrogens with one attached hydrogen (secondary N) is 1. The van der Waals surface area contributed by atoms with Crippen LogP contribution in [0.15, 0.2) is 53.4 Å². The fourth-order valence-electron chi connectivity index (χ4n) is 2.41. The Labute approximate surface area is 124 Å². The molecular weight excluding hydrogens is 286 g/mol. The Balaban J connectivity index is 1.77. The second-order valence-corrected chi connectivity index (χ2v) is 6.97. The molecule has 21 heavy (non-hydrogen) atoms. The van der Waals surface area contributed by atoms with Crippen molar-refractivity contribution in [3.05, 3.63) is 59.7 Å². The lowest BCUT2D eigenvalue weighted by Gasteiger charge is -2.25. The third kappa shape index (κ3) is 3.09. The third-order valence-electron chi connectivity index (χ3n) is 3.53. The van der Waals surface area contributed by atoms with Crippen LogP contribution in [0.2, 0.25) is 0 Å². The van der Waals surface area contributed by atoms with Crippen LogP contribution < -0.4 is 9.46 Å². The summed E-state index contributed by atoms with van der Waals surface area (Å²) < 4.78 is 33.0. The van der Waals surface area contributed by atoms with Crippen molar-refractivity contribution in [3.8, 4) is 5.75 Å². The molecule has 5 heteroatoms. The minimum absolute atomic E-state index is 0.244. The molecule has 0 bridgehead atoms. The van der Waals surface area contributed by atoms with Crippen molar-refractivity contribution in [1.82, 2.24) is 4.72 Å². The number of rotatable bonds is 3. The zero-order valence-corrected chi connectivity index (χ0v) is 12.6. The summed E-state index contributed by atoms with van der Waals surface area (Å²) in [6.45, 7) is 2.28. The molecule has 1 atom stereocenters. The van der Waals surface area contributed by atoms with Crippen LogP contribution in [0, 0.1) is 6.92 Å².